The first-order valence-corrected chi connectivity index (χ1v) is 5.84. The average molecular weight is 238 g/mol. The Morgan fingerprint density at radius 2 is 2.00 bits per heavy atom. The number of pyridine rings is 1. The minimum atomic E-state index is -0.568. The van der Waals surface area contributed by atoms with E-state index in [1.807, 2.05) is 13.8 Å². The molecule has 0 fully saturated rings. The molecule has 0 bridgehead atoms. The second kappa shape index (κ2) is 5.75. The van der Waals surface area contributed by atoms with Crippen molar-refractivity contribution in [3.63, 3.8) is 0 Å². The fraction of sp³-hybridized carbons (Fsp3) is 0.538. The van der Waals surface area contributed by atoms with Crippen molar-refractivity contribution >= 4 is 5.91 Å². The van der Waals surface area contributed by atoms with Crippen molar-refractivity contribution in [3.05, 3.63) is 29.8 Å². The van der Waals surface area contributed by atoms with Crippen LogP contribution in [-0.2, 0) is 0 Å². The van der Waals surface area contributed by atoms with E-state index in [9.17, 15) is 9.18 Å². The van der Waals surface area contributed by atoms with Crippen molar-refractivity contribution in [1.29, 1.82) is 0 Å². The molecule has 0 aliphatic carbocycles. The van der Waals surface area contributed by atoms with E-state index >= 15 is 0 Å². The molecule has 0 saturated heterocycles. The van der Waals surface area contributed by atoms with Crippen LogP contribution in [0.15, 0.2) is 18.3 Å². The number of aromatic nitrogens is 1. The Hall–Kier alpha value is -1.45. The molecule has 17 heavy (non-hydrogen) atoms. The van der Waals surface area contributed by atoms with Gasteiger partial charge in [0, 0.05) is 18.8 Å². The van der Waals surface area contributed by atoms with Gasteiger partial charge in [-0.05, 0) is 31.9 Å². The van der Waals surface area contributed by atoms with Crippen molar-refractivity contribution in [1.82, 2.24) is 9.88 Å². The molecule has 3 nitrogen and oxygen atoms in total. The maximum absolute atomic E-state index is 12.7. The minimum absolute atomic E-state index is 0.0961. The Balaban J connectivity index is 2.88. The summed E-state index contributed by atoms with van der Waals surface area (Å²) in [4.78, 5) is 17.5. The lowest BCUT2D eigenvalue weighted by Crippen LogP contribution is -2.39. The highest BCUT2D eigenvalue weighted by Gasteiger charge is 2.19. The third-order valence-electron chi connectivity index (χ3n) is 2.42. The van der Waals surface area contributed by atoms with Crippen LogP contribution in [0.1, 0.15) is 38.1 Å². The van der Waals surface area contributed by atoms with Gasteiger partial charge >= 0.3 is 0 Å². The Kier molecular flexibility index (Phi) is 4.61. The number of carbonyl (C=O) groups is 1. The predicted molar refractivity (Wildman–Crippen MR) is 65.2 cm³/mol. The number of hydrogen-bond donors (Lipinski definition) is 0. The van der Waals surface area contributed by atoms with Gasteiger partial charge in [0.1, 0.15) is 0 Å². The smallest absolute Gasteiger partial charge is 0.255 e. The van der Waals surface area contributed by atoms with Gasteiger partial charge in [0.25, 0.3) is 5.91 Å². The molecule has 1 rings (SSSR count). The van der Waals surface area contributed by atoms with E-state index in [1.54, 1.807) is 4.90 Å². The summed E-state index contributed by atoms with van der Waals surface area (Å²) < 4.78 is 12.7. The fourth-order valence-electron chi connectivity index (χ4n) is 1.59. The molecular weight excluding hydrogens is 219 g/mol. The molecule has 0 radical (unpaired) electrons. The number of halogens is 1. The molecule has 0 aromatic carbocycles. The topological polar surface area (TPSA) is 33.2 Å². The van der Waals surface area contributed by atoms with Crippen LogP contribution in [0, 0.1) is 11.9 Å². The summed E-state index contributed by atoms with van der Waals surface area (Å²) in [5.41, 5.74) is 0.431. The molecular formula is C13H19FN2O. The SMILES string of the molecule is CC(C)CN(C(=O)c1ccc(F)nc1)C(C)C. The van der Waals surface area contributed by atoms with Crippen molar-refractivity contribution in [3.8, 4) is 0 Å². The summed E-state index contributed by atoms with van der Waals surface area (Å²) in [6.07, 6.45) is 1.29. The van der Waals surface area contributed by atoms with Crippen LogP contribution in [0.25, 0.3) is 0 Å². The highest BCUT2D eigenvalue weighted by atomic mass is 19.1. The van der Waals surface area contributed by atoms with E-state index in [-0.39, 0.29) is 11.9 Å². The monoisotopic (exact) mass is 238 g/mol. The zero-order valence-electron chi connectivity index (χ0n) is 10.8. The highest BCUT2D eigenvalue weighted by molar-refractivity contribution is 5.94. The van der Waals surface area contributed by atoms with E-state index < -0.39 is 5.95 Å². The van der Waals surface area contributed by atoms with Gasteiger partial charge < -0.3 is 4.90 Å². The van der Waals surface area contributed by atoms with Crippen LogP contribution >= 0.6 is 0 Å². The van der Waals surface area contributed by atoms with Crippen molar-refractivity contribution in [2.75, 3.05) is 6.54 Å². The van der Waals surface area contributed by atoms with E-state index in [2.05, 4.69) is 18.8 Å². The quantitative estimate of drug-likeness (QED) is 0.756. The van der Waals surface area contributed by atoms with Gasteiger partial charge in [0.2, 0.25) is 5.95 Å². The van der Waals surface area contributed by atoms with Crippen LogP contribution in [0.4, 0.5) is 4.39 Å². The van der Waals surface area contributed by atoms with Gasteiger partial charge in [-0.15, -0.1) is 0 Å². The summed E-state index contributed by atoms with van der Waals surface area (Å²) in [6, 6.07) is 2.80. The van der Waals surface area contributed by atoms with E-state index in [0.717, 1.165) is 0 Å². The Bertz CT molecular complexity index is 374. The van der Waals surface area contributed by atoms with Crippen LogP contribution < -0.4 is 0 Å². The number of amides is 1. The second-order valence-electron chi connectivity index (χ2n) is 4.81. The number of carbonyl (C=O) groups excluding carboxylic acids is 1. The zero-order chi connectivity index (χ0) is 13.0. The van der Waals surface area contributed by atoms with Gasteiger partial charge in [0.05, 0.1) is 5.56 Å². The highest BCUT2D eigenvalue weighted by Crippen LogP contribution is 2.10. The molecule has 0 unspecified atom stereocenters. The van der Waals surface area contributed by atoms with Crippen molar-refractivity contribution < 1.29 is 9.18 Å². The number of rotatable bonds is 4. The zero-order valence-corrected chi connectivity index (χ0v) is 10.8. The van der Waals surface area contributed by atoms with Gasteiger partial charge in [-0.25, -0.2) is 4.98 Å². The lowest BCUT2D eigenvalue weighted by molar-refractivity contribution is 0.0681. The molecule has 0 aliphatic heterocycles. The van der Waals surface area contributed by atoms with Gasteiger partial charge in [-0.3, -0.25) is 4.79 Å². The van der Waals surface area contributed by atoms with Gasteiger partial charge in [-0.2, -0.15) is 4.39 Å². The lowest BCUT2D eigenvalue weighted by atomic mass is 10.1. The summed E-state index contributed by atoms with van der Waals surface area (Å²) in [7, 11) is 0. The second-order valence-corrected chi connectivity index (χ2v) is 4.81. The molecule has 1 aromatic heterocycles. The molecule has 0 N–H and O–H groups in total. The normalized spacial score (nSPS) is 11.0. The molecule has 1 amide bonds. The summed E-state index contributed by atoms with van der Waals surface area (Å²) >= 11 is 0. The van der Waals surface area contributed by atoms with Crippen molar-refractivity contribution in [2.45, 2.75) is 33.7 Å². The lowest BCUT2D eigenvalue weighted by Gasteiger charge is -2.28. The van der Waals surface area contributed by atoms with E-state index in [1.165, 1.54) is 18.3 Å². The van der Waals surface area contributed by atoms with Crippen LogP contribution in [-0.4, -0.2) is 28.4 Å². The average Bonchev–Trinajstić information content (AvgIpc) is 2.25. The molecule has 94 valence electrons. The molecule has 0 spiro atoms. The third-order valence-corrected chi connectivity index (χ3v) is 2.42. The number of hydrogen-bond acceptors (Lipinski definition) is 2. The van der Waals surface area contributed by atoms with Crippen LogP contribution in [0.2, 0.25) is 0 Å². The summed E-state index contributed by atoms with van der Waals surface area (Å²) in [5, 5.41) is 0. The molecule has 0 saturated carbocycles. The van der Waals surface area contributed by atoms with Gasteiger partial charge in [-0.1, -0.05) is 13.8 Å². The Labute approximate surface area is 102 Å². The van der Waals surface area contributed by atoms with Crippen LogP contribution in [0.3, 0.4) is 0 Å². The first-order valence-electron chi connectivity index (χ1n) is 5.84. The molecule has 1 heterocycles. The maximum Gasteiger partial charge on any atom is 0.255 e. The predicted octanol–water partition coefficient (Wildman–Crippen LogP) is 2.73. The maximum atomic E-state index is 12.7. The Morgan fingerprint density at radius 3 is 2.41 bits per heavy atom. The Morgan fingerprint density at radius 1 is 1.35 bits per heavy atom. The summed E-state index contributed by atoms with van der Waals surface area (Å²) in [5.74, 6) is -0.266. The summed E-state index contributed by atoms with van der Waals surface area (Å²) in [6.45, 7) is 8.75. The first kappa shape index (κ1) is 13.6. The third kappa shape index (κ3) is 3.80. The molecule has 1 aromatic rings. The standard InChI is InChI=1S/C13H19FN2O/c1-9(2)8-16(10(3)4)13(17)11-5-6-12(14)15-7-11/h5-7,9-10H,8H2,1-4H3. The molecule has 0 atom stereocenters. The first-order chi connectivity index (χ1) is 7.91. The molecule has 0 aliphatic rings. The van der Waals surface area contributed by atoms with E-state index in [0.29, 0.717) is 18.0 Å². The van der Waals surface area contributed by atoms with Gasteiger partial charge in [0.15, 0.2) is 0 Å². The number of nitrogens with zero attached hydrogens (tertiary/aromatic N) is 2. The molecule has 4 heteroatoms. The van der Waals surface area contributed by atoms with Crippen molar-refractivity contribution in [2.24, 2.45) is 5.92 Å². The minimum Gasteiger partial charge on any atom is -0.336 e. The van der Waals surface area contributed by atoms with Crippen LogP contribution in [0.5, 0.6) is 0 Å². The largest absolute Gasteiger partial charge is 0.336 e. The van der Waals surface area contributed by atoms with E-state index in [4.69, 9.17) is 0 Å². The fourth-order valence-corrected chi connectivity index (χ4v) is 1.59.